The topological polar surface area (TPSA) is 25.8 Å². The van der Waals surface area contributed by atoms with E-state index in [1.54, 1.807) is 23.5 Å². The van der Waals surface area contributed by atoms with Crippen LogP contribution in [0.2, 0.25) is 0 Å². The van der Waals surface area contributed by atoms with Crippen molar-refractivity contribution in [2.75, 3.05) is 0 Å². The van der Waals surface area contributed by atoms with E-state index in [-0.39, 0.29) is 11.2 Å². The van der Waals surface area contributed by atoms with Crippen LogP contribution in [0.15, 0.2) is 24.3 Å². The zero-order chi connectivity index (χ0) is 12.5. The molecule has 1 aromatic carbocycles. The number of nitrogens with zero attached hydrogens (tertiary/aromatic N) is 2. The van der Waals surface area contributed by atoms with Crippen molar-refractivity contribution in [2.45, 2.75) is 32.6 Å². The van der Waals surface area contributed by atoms with Gasteiger partial charge in [-0.2, -0.15) is 0 Å². The van der Waals surface area contributed by atoms with Gasteiger partial charge < -0.3 is 0 Å². The molecule has 0 atom stereocenters. The molecule has 0 aliphatic carbocycles. The van der Waals surface area contributed by atoms with Crippen LogP contribution in [0.25, 0.3) is 0 Å². The summed E-state index contributed by atoms with van der Waals surface area (Å²) in [5, 5.41) is 10.4. The maximum atomic E-state index is 12.8. The average molecular weight is 250 g/mol. The predicted molar refractivity (Wildman–Crippen MR) is 67.8 cm³/mol. The molecule has 0 amide bonds. The number of halogens is 1. The zero-order valence-corrected chi connectivity index (χ0v) is 11.0. The Kier molecular flexibility index (Phi) is 3.24. The Morgan fingerprint density at radius 1 is 1.12 bits per heavy atom. The maximum absolute atomic E-state index is 12.8. The van der Waals surface area contributed by atoms with E-state index in [9.17, 15) is 4.39 Å². The molecule has 2 rings (SSSR count). The minimum absolute atomic E-state index is 0.0404. The summed E-state index contributed by atoms with van der Waals surface area (Å²) in [5.74, 6) is -0.207. The number of aromatic nitrogens is 2. The van der Waals surface area contributed by atoms with Crippen molar-refractivity contribution in [1.82, 2.24) is 10.2 Å². The van der Waals surface area contributed by atoms with Crippen LogP contribution in [0.1, 0.15) is 36.3 Å². The van der Waals surface area contributed by atoms with E-state index in [1.807, 2.05) is 0 Å². The molecule has 0 spiro atoms. The first-order valence-electron chi connectivity index (χ1n) is 5.52. The van der Waals surface area contributed by atoms with Crippen LogP contribution >= 0.6 is 11.3 Å². The SMILES string of the molecule is CC(C)(C)c1nnc(Cc2ccc(F)cc2)s1. The van der Waals surface area contributed by atoms with Crippen LogP contribution < -0.4 is 0 Å². The van der Waals surface area contributed by atoms with Crippen LogP contribution in [-0.2, 0) is 11.8 Å². The van der Waals surface area contributed by atoms with Crippen molar-refractivity contribution in [3.05, 3.63) is 45.7 Å². The number of benzene rings is 1. The van der Waals surface area contributed by atoms with Crippen molar-refractivity contribution in [2.24, 2.45) is 0 Å². The third-order valence-electron chi connectivity index (χ3n) is 2.38. The molecular weight excluding hydrogens is 235 g/mol. The van der Waals surface area contributed by atoms with E-state index in [0.717, 1.165) is 15.6 Å². The summed E-state index contributed by atoms with van der Waals surface area (Å²) >= 11 is 1.62. The Hall–Kier alpha value is -1.29. The number of hydrogen-bond donors (Lipinski definition) is 0. The van der Waals surface area contributed by atoms with Crippen LogP contribution in [-0.4, -0.2) is 10.2 Å². The Balaban J connectivity index is 2.14. The van der Waals surface area contributed by atoms with Crippen molar-refractivity contribution in [1.29, 1.82) is 0 Å². The lowest BCUT2D eigenvalue weighted by Gasteiger charge is -2.12. The van der Waals surface area contributed by atoms with Gasteiger partial charge in [-0.3, -0.25) is 0 Å². The van der Waals surface area contributed by atoms with Gasteiger partial charge in [0.25, 0.3) is 0 Å². The highest BCUT2D eigenvalue weighted by Gasteiger charge is 2.19. The van der Waals surface area contributed by atoms with Gasteiger partial charge in [0, 0.05) is 11.8 Å². The lowest BCUT2D eigenvalue weighted by Crippen LogP contribution is -2.10. The molecule has 2 aromatic rings. The first-order chi connectivity index (χ1) is 7.95. The first kappa shape index (κ1) is 12.2. The fourth-order valence-corrected chi connectivity index (χ4v) is 2.34. The van der Waals surface area contributed by atoms with Gasteiger partial charge in [-0.25, -0.2) is 4.39 Å². The molecule has 1 aromatic heterocycles. The van der Waals surface area contributed by atoms with Gasteiger partial charge in [0.2, 0.25) is 0 Å². The molecule has 0 unspecified atom stereocenters. The summed E-state index contributed by atoms with van der Waals surface area (Å²) in [6, 6.07) is 6.52. The molecule has 90 valence electrons. The molecule has 0 aliphatic heterocycles. The van der Waals surface area contributed by atoms with E-state index >= 15 is 0 Å². The fourth-order valence-electron chi connectivity index (χ4n) is 1.41. The Bertz CT molecular complexity index is 497. The van der Waals surface area contributed by atoms with Crippen LogP contribution in [0.3, 0.4) is 0 Å². The molecule has 0 bridgehead atoms. The minimum Gasteiger partial charge on any atom is -0.207 e. The summed E-state index contributed by atoms with van der Waals surface area (Å²) in [5.41, 5.74) is 1.10. The molecule has 0 fully saturated rings. The van der Waals surface area contributed by atoms with E-state index in [1.165, 1.54) is 12.1 Å². The second kappa shape index (κ2) is 4.53. The molecule has 17 heavy (non-hydrogen) atoms. The molecule has 0 N–H and O–H groups in total. The highest BCUT2D eigenvalue weighted by Crippen LogP contribution is 2.26. The molecular formula is C13H15FN2S. The summed E-state index contributed by atoms with van der Waals surface area (Å²) < 4.78 is 12.8. The van der Waals surface area contributed by atoms with Gasteiger partial charge in [-0.05, 0) is 17.7 Å². The van der Waals surface area contributed by atoms with Crippen molar-refractivity contribution >= 4 is 11.3 Å². The van der Waals surface area contributed by atoms with Gasteiger partial charge in [0.1, 0.15) is 15.8 Å². The zero-order valence-electron chi connectivity index (χ0n) is 10.2. The smallest absolute Gasteiger partial charge is 0.123 e. The average Bonchev–Trinajstić information content (AvgIpc) is 2.69. The minimum atomic E-state index is -0.207. The summed E-state index contributed by atoms with van der Waals surface area (Å²) in [7, 11) is 0. The Labute approximate surface area is 105 Å². The fraction of sp³-hybridized carbons (Fsp3) is 0.385. The largest absolute Gasteiger partial charge is 0.207 e. The maximum Gasteiger partial charge on any atom is 0.123 e. The van der Waals surface area contributed by atoms with Gasteiger partial charge >= 0.3 is 0 Å². The van der Waals surface area contributed by atoms with E-state index < -0.39 is 0 Å². The van der Waals surface area contributed by atoms with Crippen molar-refractivity contribution < 1.29 is 4.39 Å². The molecule has 0 radical (unpaired) electrons. The predicted octanol–water partition coefficient (Wildman–Crippen LogP) is 3.57. The van der Waals surface area contributed by atoms with Gasteiger partial charge in [-0.1, -0.05) is 32.9 Å². The molecule has 2 nitrogen and oxygen atoms in total. The summed E-state index contributed by atoms with van der Waals surface area (Å²) in [6.07, 6.45) is 0.716. The lowest BCUT2D eigenvalue weighted by atomic mass is 9.98. The van der Waals surface area contributed by atoms with Crippen LogP contribution in [0.5, 0.6) is 0 Å². The van der Waals surface area contributed by atoms with Crippen molar-refractivity contribution in [3.63, 3.8) is 0 Å². The van der Waals surface area contributed by atoms with Crippen LogP contribution in [0.4, 0.5) is 4.39 Å². The monoisotopic (exact) mass is 250 g/mol. The molecule has 0 saturated heterocycles. The number of hydrogen-bond acceptors (Lipinski definition) is 3. The summed E-state index contributed by atoms with van der Waals surface area (Å²) in [6.45, 7) is 6.36. The Morgan fingerprint density at radius 2 is 1.76 bits per heavy atom. The quantitative estimate of drug-likeness (QED) is 0.814. The second-order valence-electron chi connectivity index (χ2n) is 5.05. The second-order valence-corrected chi connectivity index (χ2v) is 6.12. The Morgan fingerprint density at radius 3 is 2.29 bits per heavy atom. The highest BCUT2D eigenvalue weighted by molar-refractivity contribution is 7.11. The first-order valence-corrected chi connectivity index (χ1v) is 6.34. The van der Waals surface area contributed by atoms with Gasteiger partial charge in [0.05, 0.1) is 0 Å². The van der Waals surface area contributed by atoms with Gasteiger partial charge in [0.15, 0.2) is 0 Å². The number of rotatable bonds is 2. The normalized spacial score (nSPS) is 11.8. The lowest BCUT2D eigenvalue weighted by molar-refractivity contribution is 0.578. The molecule has 4 heteroatoms. The summed E-state index contributed by atoms with van der Waals surface area (Å²) in [4.78, 5) is 0. The van der Waals surface area contributed by atoms with Crippen molar-refractivity contribution in [3.8, 4) is 0 Å². The van der Waals surface area contributed by atoms with E-state index in [4.69, 9.17) is 0 Å². The third-order valence-corrected chi connectivity index (χ3v) is 3.73. The standard InChI is InChI=1S/C13H15FN2S/c1-13(2,3)12-16-15-11(17-12)8-9-4-6-10(14)7-5-9/h4-7H,8H2,1-3H3. The molecule has 0 aliphatic rings. The highest BCUT2D eigenvalue weighted by atomic mass is 32.1. The third kappa shape index (κ3) is 3.09. The van der Waals surface area contributed by atoms with E-state index in [0.29, 0.717) is 6.42 Å². The molecule has 1 heterocycles. The molecule has 0 saturated carbocycles. The van der Waals surface area contributed by atoms with E-state index in [2.05, 4.69) is 31.0 Å². The van der Waals surface area contributed by atoms with Gasteiger partial charge in [-0.15, -0.1) is 21.5 Å². The van der Waals surface area contributed by atoms with Crippen LogP contribution in [0, 0.1) is 5.82 Å².